The van der Waals surface area contributed by atoms with Crippen LogP contribution in [-0.4, -0.2) is 139 Å². The van der Waals surface area contributed by atoms with Crippen molar-refractivity contribution in [1.82, 2.24) is 0 Å². The Morgan fingerprint density at radius 2 is 1.53 bits per heavy atom. The van der Waals surface area contributed by atoms with E-state index in [4.69, 9.17) is 47.4 Å². The van der Waals surface area contributed by atoms with Gasteiger partial charge in [-0.3, -0.25) is 4.79 Å². The van der Waals surface area contributed by atoms with Crippen LogP contribution in [0.1, 0.15) is 106 Å². The molecule has 8 rings (SSSR count). The SMILES string of the molecule is CO[C@H]1C[C@H](OC2[C@H](C)O[C@@H](OC3/C(C)=C/CC4CC(C[C@]5(C=CC(C)C(C6CCCCC6)O5)O4)OC(=O)[C@@H]4C=C(C)[C@@H](O)C5OC/C(=C\C=C\C3C)C54O)C[C@@H]2OC)O[C@@H](C)C1O. The van der Waals surface area contributed by atoms with E-state index >= 15 is 0 Å². The van der Waals surface area contributed by atoms with Crippen molar-refractivity contribution in [3.63, 3.8) is 0 Å². The number of aliphatic hydroxyl groups is 3. The van der Waals surface area contributed by atoms with Gasteiger partial charge >= 0.3 is 5.97 Å². The van der Waals surface area contributed by atoms with Gasteiger partial charge in [0.15, 0.2) is 18.4 Å². The van der Waals surface area contributed by atoms with Gasteiger partial charge in [0, 0.05) is 51.7 Å². The van der Waals surface area contributed by atoms with E-state index in [1.165, 1.54) is 19.3 Å². The highest BCUT2D eigenvalue weighted by Gasteiger charge is 2.60. The Bertz CT molecular complexity index is 1790. The van der Waals surface area contributed by atoms with Gasteiger partial charge < -0.3 is 62.7 Å². The third-order valence-electron chi connectivity index (χ3n) is 15.4. The monoisotopic (exact) mass is 899 g/mol. The number of carbonyl (C=O) groups is 1. The Morgan fingerprint density at radius 1 is 0.812 bits per heavy atom. The topological polar surface area (TPSA) is 170 Å². The third kappa shape index (κ3) is 9.82. The van der Waals surface area contributed by atoms with Crippen LogP contribution in [0, 0.1) is 23.7 Å². The maximum absolute atomic E-state index is 14.4. The highest BCUT2D eigenvalue weighted by molar-refractivity contribution is 5.78. The van der Waals surface area contributed by atoms with E-state index in [-0.39, 0.29) is 36.8 Å². The lowest BCUT2D eigenvalue weighted by Gasteiger charge is -2.49. The molecule has 14 nitrogen and oxygen atoms in total. The Morgan fingerprint density at radius 3 is 2.28 bits per heavy atom. The van der Waals surface area contributed by atoms with Gasteiger partial charge in [0.1, 0.15) is 42.0 Å². The molecule has 10 unspecified atom stereocenters. The molecule has 64 heavy (non-hydrogen) atoms. The van der Waals surface area contributed by atoms with Crippen LogP contribution in [-0.2, 0) is 52.2 Å². The number of hydrogen-bond acceptors (Lipinski definition) is 14. The van der Waals surface area contributed by atoms with Gasteiger partial charge in [-0.15, -0.1) is 0 Å². The van der Waals surface area contributed by atoms with Crippen LogP contribution >= 0.6 is 0 Å². The van der Waals surface area contributed by atoms with E-state index in [9.17, 15) is 20.1 Å². The van der Waals surface area contributed by atoms with Crippen molar-refractivity contribution in [2.45, 2.75) is 203 Å². The summed E-state index contributed by atoms with van der Waals surface area (Å²) < 4.78 is 64.1. The van der Waals surface area contributed by atoms with E-state index in [1.807, 2.05) is 25.2 Å². The molecule has 0 aromatic rings. The van der Waals surface area contributed by atoms with Crippen molar-refractivity contribution >= 4 is 5.97 Å². The van der Waals surface area contributed by atoms with Crippen LogP contribution in [0.5, 0.6) is 0 Å². The normalized spacial score (nSPS) is 49.2. The summed E-state index contributed by atoms with van der Waals surface area (Å²) in [5, 5.41) is 34.3. The summed E-state index contributed by atoms with van der Waals surface area (Å²) in [6.45, 7) is 11.9. The first kappa shape index (κ1) is 48.2. The second kappa shape index (κ2) is 20.1. The number of rotatable bonds is 7. The zero-order valence-corrected chi connectivity index (χ0v) is 39.0. The highest BCUT2D eigenvalue weighted by atomic mass is 16.7. The van der Waals surface area contributed by atoms with E-state index in [0.29, 0.717) is 49.2 Å². The fourth-order valence-corrected chi connectivity index (χ4v) is 11.7. The number of methoxy groups -OCH3 is 2. The molecule has 3 N–H and O–H groups in total. The molecule has 0 amide bonds. The fraction of sp³-hybridized carbons (Fsp3) is 0.780. The van der Waals surface area contributed by atoms with Gasteiger partial charge in [0.05, 0.1) is 49.3 Å². The second-order valence-electron chi connectivity index (χ2n) is 20.0. The lowest BCUT2D eigenvalue weighted by molar-refractivity contribution is -0.318. The first-order valence-corrected chi connectivity index (χ1v) is 24.0. The number of fused-ring (bicyclic) bond motifs is 2. The molecule has 358 valence electrons. The van der Waals surface area contributed by atoms with Crippen LogP contribution in [0.25, 0.3) is 0 Å². The zero-order valence-electron chi connectivity index (χ0n) is 39.0. The Balaban J connectivity index is 1.08. The van der Waals surface area contributed by atoms with Gasteiger partial charge in [-0.25, -0.2) is 0 Å². The number of ether oxygens (including phenoxy) is 10. The average molecular weight is 899 g/mol. The van der Waals surface area contributed by atoms with Crippen LogP contribution < -0.4 is 0 Å². The minimum Gasteiger partial charge on any atom is -0.462 e. The van der Waals surface area contributed by atoms with Crippen LogP contribution in [0.15, 0.2) is 59.3 Å². The maximum Gasteiger partial charge on any atom is 0.316 e. The van der Waals surface area contributed by atoms with E-state index in [2.05, 4.69) is 32.9 Å². The molecule has 6 heterocycles. The third-order valence-corrected chi connectivity index (χ3v) is 15.4. The molecule has 19 atom stereocenters. The first-order valence-electron chi connectivity index (χ1n) is 24.0. The lowest BCUT2D eigenvalue weighted by atomic mass is 9.71. The zero-order chi connectivity index (χ0) is 45.5. The molecule has 14 heteroatoms. The summed E-state index contributed by atoms with van der Waals surface area (Å²) in [7, 11) is 3.23. The standard InChI is InChI=1S/C50H74O14/c1-27-13-12-16-34-26-57-47-42(51)30(4)21-37(50(34,47)54)48(53)60-36-22-35(63-49(25-36)20-19-29(3)45(64-49)33-14-10-9-11-15-33)18-17-28(2)44(27)61-41-24-39(56-8)46(32(6)59-41)62-40-23-38(55-7)43(52)31(5)58-40/h12-13,16-17,19-21,27,29,31-33,35-47,51-52,54H,9-11,14-15,18,22-26H2,1-8H3/b13-12+,28-17+,34-16+/t27?,29?,31-,32-,35?,36?,37-,38-,39-,40-,41-,42+,43?,44?,45?,46?,47?,49+,50?/m0/s1. The van der Waals surface area contributed by atoms with Gasteiger partial charge in [-0.05, 0) is 75.7 Å². The number of aliphatic hydroxyl groups excluding tert-OH is 2. The van der Waals surface area contributed by atoms with Gasteiger partial charge in [0.2, 0.25) is 0 Å². The summed E-state index contributed by atoms with van der Waals surface area (Å²) in [4.78, 5) is 14.4. The van der Waals surface area contributed by atoms with Crippen molar-refractivity contribution in [3.8, 4) is 0 Å². The minimum absolute atomic E-state index is 0.0242. The lowest BCUT2D eigenvalue weighted by Crippen LogP contribution is -2.58. The Labute approximate surface area is 379 Å². The summed E-state index contributed by atoms with van der Waals surface area (Å²) in [5.41, 5.74) is 0.166. The van der Waals surface area contributed by atoms with Gasteiger partial charge in [-0.1, -0.05) is 69.6 Å². The number of allylic oxidation sites excluding steroid dienone is 2. The van der Waals surface area contributed by atoms with Crippen molar-refractivity contribution in [1.29, 1.82) is 0 Å². The van der Waals surface area contributed by atoms with E-state index in [1.54, 1.807) is 40.2 Å². The molecule has 4 saturated heterocycles. The summed E-state index contributed by atoms with van der Waals surface area (Å²) >= 11 is 0. The molecule has 8 aliphatic rings. The van der Waals surface area contributed by atoms with Crippen LogP contribution in [0.3, 0.4) is 0 Å². The van der Waals surface area contributed by atoms with Gasteiger partial charge in [-0.2, -0.15) is 0 Å². The summed E-state index contributed by atoms with van der Waals surface area (Å²) in [6, 6.07) is 0. The first-order chi connectivity index (χ1) is 30.6. The average Bonchev–Trinajstić information content (AvgIpc) is 3.62. The molecule has 5 fully saturated rings. The second-order valence-corrected chi connectivity index (χ2v) is 20.0. The van der Waals surface area contributed by atoms with Crippen LogP contribution in [0.2, 0.25) is 0 Å². The van der Waals surface area contributed by atoms with Crippen molar-refractivity contribution in [3.05, 3.63) is 59.3 Å². The largest absolute Gasteiger partial charge is 0.462 e. The molecule has 6 aliphatic heterocycles. The fourth-order valence-electron chi connectivity index (χ4n) is 11.7. The van der Waals surface area contributed by atoms with E-state index < -0.39 is 90.8 Å². The van der Waals surface area contributed by atoms with Crippen molar-refractivity contribution < 1.29 is 67.5 Å². The molecular weight excluding hydrogens is 825 g/mol. The number of carbonyl (C=O) groups excluding carboxylic acids is 1. The molecule has 1 spiro atoms. The number of esters is 1. The highest BCUT2D eigenvalue weighted by Crippen LogP contribution is 2.48. The van der Waals surface area contributed by atoms with Crippen molar-refractivity contribution in [2.75, 3.05) is 20.8 Å². The maximum atomic E-state index is 14.4. The molecular formula is C50H74O14. The molecule has 0 aromatic carbocycles. The smallest absolute Gasteiger partial charge is 0.316 e. The van der Waals surface area contributed by atoms with Gasteiger partial charge in [0.25, 0.3) is 0 Å². The summed E-state index contributed by atoms with van der Waals surface area (Å²) in [5.74, 6) is -2.32. The Hall–Kier alpha value is -2.31. The van der Waals surface area contributed by atoms with Crippen molar-refractivity contribution in [2.24, 2.45) is 23.7 Å². The quantitative estimate of drug-likeness (QED) is 0.204. The predicted molar refractivity (Wildman–Crippen MR) is 234 cm³/mol. The molecule has 2 aliphatic carbocycles. The summed E-state index contributed by atoms with van der Waals surface area (Å²) in [6.07, 6.45) is 13.8. The molecule has 1 saturated carbocycles. The molecule has 2 bridgehead atoms. The number of hydrogen-bond donors (Lipinski definition) is 3. The van der Waals surface area contributed by atoms with Crippen LogP contribution in [0.4, 0.5) is 0 Å². The Kier molecular flexibility index (Phi) is 15.1. The minimum atomic E-state index is -1.83. The molecule has 0 aromatic heterocycles. The predicted octanol–water partition coefficient (Wildman–Crippen LogP) is 5.91. The molecule has 0 radical (unpaired) electrons. The van der Waals surface area contributed by atoms with E-state index in [0.717, 1.165) is 18.4 Å².